The van der Waals surface area contributed by atoms with Crippen molar-refractivity contribution in [3.8, 4) is 5.75 Å². The number of carbonyl (C=O) groups excluding carboxylic acids is 1. The Hall–Kier alpha value is -1.03. The number of ether oxygens (including phenoxy) is 1. The third-order valence-electron chi connectivity index (χ3n) is 1.95. The summed E-state index contributed by atoms with van der Waals surface area (Å²) in [6.07, 6.45) is -0.300. The second-order valence-corrected chi connectivity index (χ2v) is 3.89. The van der Waals surface area contributed by atoms with Gasteiger partial charge >= 0.3 is 6.09 Å². The maximum Gasteiger partial charge on any atom is 0.415 e. The minimum absolute atomic E-state index is 0.300. The van der Waals surface area contributed by atoms with E-state index in [1.54, 1.807) is 13.1 Å². The van der Waals surface area contributed by atoms with Crippen molar-refractivity contribution in [2.75, 3.05) is 7.05 Å². The van der Waals surface area contributed by atoms with E-state index in [0.717, 1.165) is 10.0 Å². The molecule has 0 N–H and O–H groups in total. The van der Waals surface area contributed by atoms with Crippen LogP contribution in [0.3, 0.4) is 0 Å². The van der Waals surface area contributed by atoms with Gasteiger partial charge in [0.25, 0.3) is 0 Å². The lowest BCUT2D eigenvalue weighted by Crippen LogP contribution is -2.33. The highest BCUT2D eigenvalue weighted by molar-refractivity contribution is 9.10. The molecule has 68 valence electrons. The molecule has 0 aromatic heterocycles. The van der Waals surface area contributed by atoms with Crippen molar-refractivity contribution in [2.45, 2.75) is 6.54 Å². The zero-order chi connectivity index (χ0) is 9.42. The Morgan fingerprint density at radius 1 is 1.54 bits per heavy atom. The minimum Gasteiger partial charge on any atom is -0.410 e. The molecular formula is C9H8BrNO2. The van der Waals surface area contributed by atoms with E-state index in [1.807, 2.05) is 12.1 Å². The van der Waals surface area contributed by atoms with Gasteiger partial charge in [0.1, 0.15) is 5.75 Å². The first-order valence-electron chi connectivity index (χ1n) is 3.88. The molecule has 3 nitrogen and oxygen atoms in total. The lowest BCUT2D eigenvalue weighted by Gasteiger charge is -2.24. The summed E-state index contributed by atoms with van der Waals surface area (Å²) in [5, 5.41) is 0. The van der Waals surface area contributed by atoms with Crippen LogP contribution in [-0.4, -0.2) is 18.0 Å². The van der Waals surface area contributed by atoms with Crippen molar-refractivity contribution < 1.29 is 9.53 Å². The number of fused-ring (bicyclic) bond motifs is 1. The van der Waals surface area contributed by atoms with E-state index in [4.69, 9.17) is 4.74 Å². The zero-order valence-electron chi connectivity index (χ0n) is 7.08. The van der Waals surface area contributed by atoms with E-state index in [2.05, 4.69) is 15.9 Å². The summed E-state index contributed by atoms with van der Waals surface area (Å²) in [5.41, 5.74) is 1.03. The molecule has 0 fully saturated rings. The summed E-state index contributed by atoms with van der Waals surface area (Å²) >= 11 is 3.32. The number of amides is 1. The van der Waals surface area contributed by atoms with Gasteiger partial charge in [0, 0.05) is 17.1 Å². The second kappa shape index (κ2) is 3.03. The molecule has 0 saturated heterocycles. The summed E-state index contributed by atoms with van der Waals surface area (Å²) in [4.78, 5) is 12.7. The van der Waals surface area contributed by atoms with Crippen LogP contribution in [-0.2, 0) is 6.54 Å². The SMILES string of the molecule is CN1Cc2ccc(Br)cc2OC1=O. The normalized spacial score (nSPS) is 15.2. The highest BCUT2D eigenvalue weighted by atomic mass is 79.9. The molecule has 1 aliphatic heterocycles. The van der Waals surface area contributed by atoms with Crippen LogP contribution >= 0.6 is 15.9 Å². The molecular weight excluding hydrogens is 234 g/mol. The van der Waals surface area contributed by atoms with E-state index >= 15 is 0 Å². The summed E-state index contributed by atoms with van der Waals surface area (Å²) < 4.78 is 6.00. The maximum atomic E-state index is 11.2. The lowest BCUT2D eigenvalue weighted by molar-refractivity contribution is 0.150. The first-order valence-corrected chi connectivity index (χ1v) is 4.67. The second-order valence-electron chi connectivity index (χ2n) is 2.98. The summed E-state index contributed by atoms with van der Waals surface area (Å²) in [6.45, 7) is 0.613. The Morgan fingerprint density at radius 3 is 3.08 bits per heavy atom. The molecule has 1 aromatic carbocycles. The largest absolute Gasteiger partial charge is 0.415 e. The zero-order valence-corrected chi connectivity index (χ0v) is 8.67. The fourth-order valence-corrected chi connectivity index (χ4v) is 1.59. The van der Waals surface area contributed by atoms with Gasteiger partial charge in [0.15, 0.2) is 0 Å². The van der Waals surface area contributed by atoms with E-state index in [9.17, 15) is 4.79 Å². The van der Waals surface area contributed by atoms with Crippen molar-refractivity contribution in [1.82, 2.24) is 4.90 Å². The molecule has 0 saturated carbocycles. The van der Waals surface area contributed by atoms with Gasteiger partial charge in [-0.1, -0.05) is 22.0 Å². The first kappa shape index (κ1) is 8.56. The molecule has 2 rings (SSSR count). The van der Waals surface area contributed by atoms with Gasteiger partial charge < -0.3 is 9.64 Å². The fraction of sp³-hybridized carbons (Fsp3) is 0.222. The fourth-order valence-electron chi connectivity index (χ4n) is 1.25. The van der Waals surface area contributed by atoms with Crippen LogP contribution in [0, 0.1) is 0 Å². The molecule has 0 radical (unpaired) electrons. The first-order chi connectivity index (χ1) is 6.16. The Labute approximate surface area is 84.4 Å². The van der Waals surface area contributed by atoms with Gasteiger partial charge in [0.2, 0.25) is 0 Å². The average molecular weight is 242 g/mol. The Kier molecular flexibility index (Phi) is 2.00. The summed E-state index contributed by atoms with van der Waals surface area (Å²) in [7, 11) is 1.72. The molecule has 0 bridgehead atoms. The quantitative estimate of drug-likeness (QED) is 0.699. The van der Waals surface area contributed by atoms with Crippen LogP contribution in [0.15, 0.2) is 22.7 Å². The predicted octanol–water partition coefficient (Wildman–Crippen LogP) is 2.39. The highest BCUT2D eigenvalue weighted by Crippen LogP contribution is 2.28. The summed E-state index contributed by atoms with van der Waals surface area (Å²) in [6, 6.07) is 5.69. The van der Waals surface area contributed by atoms with Crippen molar-refractivity contribution in [2.24, 2.45) is 0 Å². The number of hydrogen-bond donors (Lipinski definition) is 0. The van der Waals surface area contributed by atoms with Gasteiger partial charge in [0.05, 0.1) is 6.54 Å². The van der Waals surface area contributed by atoms with Gasteiger partial charge in [-0.15, -0.1) is 0 Å². The van der Waals surface area contributed by atoms with Crippen LogP contribution in [0.25, 0.3) is 0 Å². The van der Waals surface area contributed by atoms with E-state index < -0.39 is 0 Å². The van der Waals surface area contributed by atoms with Gasteiger partial charge in [-0.05, 0) is 12.1 Å². The number of hydrogen-bond acceptors (Lipinski definition) is 2. The Balaban J connectivity index is 2.42. The third kappa shape index (κ3) is 1.54. The Bertz CT molecular complexity index is 365. The lowest BCUT2D eigenvalue weighted by atomic mass is 10.2. The van der Waals surface area contributed by atoms with E-state index in [-0.39, 0.29) is 6.09 Å². The standard InChI is InChI=1S/C9H8BrNO2/c1-11-5-6-2-3-7(10)4-8(6)13-9(11)12/h2-4H,5H2,1H3. The number of rotatable bonds is 0. The van der Waals surface area contributed by atoms with Crippen molar-refractivity contribution >= 4 is 22.0 Å². The molecule has 1 aromatic rings. The Morgan fingerprint density at radius 2 is 2.31 bits per heavy atom. The number of nitrogens with zero attached hydrogens (tertiary/aromatic N) is 1. The van der Waals surface area contributed by atoms with Crippen LogP contribution in [0.5, 0.6) is 5.75 Å². The smallest absolute Gasteiger partial charge is 0.410 e. The third-order valence-corrected chi connectivity index (χ3v) is 2.44. The van der Waals surface area contributed by atoms with Crippen molar-refractivity contribution in [1.29, 1.82) is 0 Å². The van der Waals surface area contributed by atoms with Crippen molar-refractivity contribution in [3.63, 3.8) is 0 Å². The van der Waals surface area contributed by atoms with E-state index in [0.29, 0.717) is 12.3 Å². The number of carbonyl (C=O) groups is 1. The topological polar surface area (TPSA) is 29.5 Å². The van der Waals surface area contributed by atoms with Crippen molar-refractivity contribution in [3.05, 3.63) is 28.2 Å². The predicted molar refractivity (Wildman–Crippen MR) is 51.6 cm³/mol. The van der Waals surface area contributed by atoms with Crippen LogP contribution in [0.1, 0.15) is 5.56 Å². The average Bonchev–Trinajstić information content (AvgIpc) is 2.08. The minimum atomic E-state index is -0.300. The molecule has 13 heavy (non-hydrogen) atoms. The van der Waals surface area contributed by atoms with Gasteiger partial charge in [-0.2, -0.15) is 0 Å². The number of halogens is 1. The summed E-state index contributed by atoms with van der Waals surface area (Å²) in [5.74, 6) is 0.650. The van der Waals surface area contributed by atoms with Crippen LogP contribution in [0.2, 0.25) is 0 Å². The molecule has 0 aliphatic carbocycles. The van der Waals surface area contributed by atoms with Gasteiger partial charge in [-0.25, -0.2) is 4.79 Å². The molecule has 4 heteroatoms. The molecule has 0 unspecified atom stereocenters. The van der Waals surface area contributed by atoms with Crippen LogP contribution in [0.4, 0.5) is 4.79 Å². The molecule has 1 amide bonds. The molecule has 1 heterocycles. The van der Waals surface area contributed by atoms with E-state index in [1.165, 1.54) is 4.90 Å². The number of benzene rings is 1. The molecule has 0 spiro atoms. The monoisotopic (exact) mass is 241 g/mol. The highest BCUT2D eigenvalue weighted by Gasteiger charge is 2.21. The van der Waals surface area contributed by atoms with Crippen LogP contribution < -0.4 is 4.74 Å². The van der Waals surface area contributed by atoms with Gasteiger partial charge in [-0.3, -0.25) is 0 Å². The maximum absolute atomic E-state index is 11.2. The molecule has 0 atom stereocenters. The molecule has 1 aliphatic rings.